The summed E-state index contributed by atoms with van der Waals surface area (Å²) in [5.41, 5.74) is 5.62. The molecule has 0 aliphatic carbocycles. The minimum absolute atomic E-state index is 0.104. The molecular formula is C19H20N4O. The van der Waals surface area contributed by atoms with E-state index >= 15 is 0 Å². The fourth-order valence-electron chi connectivity index (χ4n) is 2.77. The van der Waals surface area contributed by atoms with Crippen LogP contribution in [-0.4, -0.2) is 20.7 Å². The maximum absolute atomic E-state index is 12.6. The molecule has 5 nitrogen and oxygen atoms in total. The van der Waals surface area contributed by atoms with E-state index in [9.17, 15) is 4.79 Å². The summed E-state index contributed by atoms with van der Waals surface area (Å²) in [6.07, 6.45) is 4.01. The molecule has 0 aliphatic heterocycles. The average Bonchev–Trinajstić information content (AvgIpc) is 3.10. The summed E-state index contributed by atoms with van der Waals surface area (Å²) in [4.78, 5) is 16.6. The molecule has 5 heteroatoms. The minimum atomic E-state index is -0.104. The highest BCUT2D eigenvalue weighted by atomic mass is 16.1. The van der Waals surface area contributed by atoms with E-state index in [-0.39, 0.29) is 5.91 Å². The third kappa shape index (κ3) is 3.06. The van der Waals surface area contributed by atoms with E-state index in [1.807, 2.05) is 50.2 Å². The smallest absolute Gasteiger partial charge is 0.255 e. The molecule has 24 heavy (non-hydrogen) atoms. The van der Waals surface area contributed by atoms with Crippen LogP contribution in [0.2, 0.25) is 0 Å². The van der Waals surface area contributed by atoms with Crippen LogP contribution in [0.3, 0.4) is 0 Å². The lowest BCUT2D eigenvalue weighted by Gasteiger charge is -2.14. The van der Waals surface area contributed by atoms with Crippen molar-refractivity contribution < 1.29 is 4.79 Å². The zero-order chi connectivity index (χ0) is 17.1. The van der Waals surface area contributed by atoms with Crippen molar-refractivity contribution in [3.05, 3.63) is 71.3 Å². The van der Waals surface area contributed by atoms with Gasteiger partial charge in [0, 0.05) is 11.3 Å². The van der Waals surface area contributed by atoms with Gasteiger partial charge in [-0.3, -0.25) is 4.79 Å². The largest absolute Gasteiger partial charge is 0.321 e. The third-order valence-corrected chi connectivity index (χ3v) is 4.10. The van der Waals surface area contributed by atoms with Gasteiger partial charge in [-0.2, -0.15) is 5.10 Å². The number of rotatable bonds is 4. The molecule has 0 spiro atoms. The number of hydrogen-bond donors (Lipinski definition) is 1. The van der Waals surface area contributed by atoms with Crippen molar-refractivity contribution in [2.24, 2.45) is 0 Å². The molecule has 1 amide bonds. The Kier molecular flexibility index (Phi) is 4.42. The van der Waals surface area contributed by atoms with Gasteiger partial charge < -0.3 is 5.32 Å². The molecule has 1 aromatic heterocycles. The first kappa shape index (κ1) is 15.9. The SMILES string of the molecule is CCc1cccc(C)c1NC(=O)c1ccc(-n2cncn2)c(C)c1. The Morgan fingerprint density at radius 2 is 2.00 bits per heavy atom. The van der Waals surface area contributed by atoms with Crippen LogP contribution < -0.4 is 5.32 Å². The summed E-state index contributed by atoms with van der Waals surface area (Å²) in [5.74, 6) is -0.104. The molecule has 122 valence electrons. The highest BCUT2D eigenvalue weighted by Crippen LogP contribution is 2.22. The van der Waals surface area contributed by atoms with Crippen molar-refractivity contribution in [2.45, 2.75) is 27.2 Å². The highest BCUT2D eigenvalue weighted by molar-refractivity contribution is 6.05. The number of nitrogens with one attached hydrogen (secondary N) is 1. The molecule has 0 aliphatic rings. The van der Waals surface area contributed by atoms with Gasteiger partial charge in [0.2, 0.25) is 0 Å². The van der Waals surface area contributed by atoms with E-state index in [1.165, 1.54) is 6.33 Å². The standard InChI is InChI=1S/C19H20N4O/c1-4-15-7-5-6-13(2)18(15)22-19(24)16-8-9-17(14(3)10-16)23-12-20-11-21-23/h5-12H,4H2,1-3H3,(H,22,24). The predicted molar refractivity (Wildman–Crippen MR) is 94.6 cm³/mol. The topological polar surface area (TPSA) is 59.8 Å². The molecule has 0 atom stereocenters. The van der Waals surface area contributed by atoms with Crippen molar-refractivity contribution in [3.8, 4) is 5.69 Å². The van der Waals surface area contributed by atoms with E-state index in [1.54, 1.807) is 11.0 Å². The van der Waals surface area contributed by atoms with Gasteiger partial charge in [-0.1, -0.05) is 25.1 Å². The molecule has 0 radical (unpaired) electrons. The summed E-state index contributed by atoms with van der Waals surface area (Å²) in [5, 5.41) is 7.18. The highest BCUT2D eigenvalue weighted by Gasteiger charge is 2.12. The number of anilines is 1. The normalized spacial score (nSPS) is 10.6. The Hall–Kier alpha value is -2.95. The van der Waals surface area contributed by atoms with Gasteiger partial charge in [0.15, 0.2) is 0 Å². The summed E-state index contributed by atoms with van der Waals surface area (Å²) < 4.78 is 1.69. The summed E-state index contributed by atoms with van der Waals surface area (Å²) in [6, 6.07) is 11.6. The maximum atomic E-state index is 12.6. The van der Waals surface area contributed by atoms with Crippen LogP contribution in [-0.2, 0) is 6.42 Å². The van der Waals surface area contributed by atoms with E-state index in [0.29, 0.717) is 5.56 Å². The summed E-state index contributed by atoms with van der Waals surface area (Å²) >= 11 is 0. The lowest BCUT2D eigenvalue weighted by Crippen LogP contribution is -2.15. The summed E-state index contributed by atoms with van der Waals surface area (Å²) in [7, 11) is 0. The zero-order valence-corrected chi connectivity index (χ0v) is 14.1. The van der Waals surface area contributed by atoms with E-state index < -0.39 is 0 Å². The van der Waals surface area contributed by atoms with Gasteiger partial charge >= 0.3 is 0 Å². The second kappa shape index (κ2) is 6.66. The van der Waals surface area contributed by atoms with Crippen molar-refractivity contribution >= 4 is 11.6 Å². The van der Waals surface area contributed by atoms with Crippen LogP contribution in [0.5, 0.6) is 0 Å². The van der Waals surface area contributed by atoms with Crippen LogP contribution in [0.15, 0.2) is 49.1 Å². The molecule has 1 heterocycles. The Bertz CT molecular complexity index is 869. The van der Waals surface area contributed by atoms with Crippen molar-refractivity contribution in [1.29, 1.82) is 0 Å². The van der Waals surface area contributed by atoms with Gasteiger partial charge in [-0.25, -0.2) is 9.67 Å². The fraction of sp³-hybridized carbons (Fsp3) is 0.211. The number of aromatic nitrogens is 3. The minimum Gasteiger partial charge on any atom is -0.321 e. The molecule has 0 fully saturated rings. The van der Waals surface area contributed by atoms with Crippen LogP contribution in [0.25, 0.3) is 5.69 Å². The predicted octanol–water partition coefficient (Wildman–Crippen LogP) is 3.70. The lowest BCUT2D eigenvalue weighted by atomic mass is 10.0. The first-order valence-electron chi connectivity index (χ1n) is 7.95. The second-order valence-corrected chi connectivity index (χ2v) is 5.76. The van der Waals surface area contributed by atoms with Crippen LogP contribution in [0, 0.1) is 13.8 Å². The number of hydrogen-bond acceptors (Lipinski definition) is 3. The Morgan fingerprint density at radius 1 is 1.17 bits per heavy atom. The molecule has 0 unspecified atom stereocenters. The zero-order valence-electron chi connectivity index (χ0n) is 14.1. The molecule has 3 rings (SSSR count). The Balaban J connectivity index is 1.88. The number of amides is 1. The van der Waals surface area contributed by atoms with Crippen LogP contribution in [0.1, 0.15) is 34.0 Å². The number of carbonyl (C=O) groups is 1. The van der Waals surface area contributed by atoms with Gasteiger partial charge in [0.25, 0.3) is 5.91 Å². The van der Waals surface area contributed by atoms with Crippen molar-refractivity contribution in [3.63, 3.8) is 0 Å². The van der Waals surface area contributed by atoms with E-state index in [0.717, 1.165) is 34.5 Å². The van der Waals surface area contributed by atoms with Gasteiger partial charge in [-0.15, -0.1) is 0 Å². The number of aryl methyl sites for hydroxylation is 3. The van der Waals surface area contributed by atoms with Gasteiger partial charge in [-0.05, 0) is 55.2 Å². The van der Waals surface area contributed by atoms with E-state index in [2.05, 4.69) is 22.3 Å². The average molecular weight is 320 g/mol. The molecule has 3 aromatic rings. The quantitative estimate of drug-likeness (QED) is 0.797. The van der Waals surface area contributed by atoms with Crippen LogP contribution in [0.4, 0.5) is 5.69 Å². The monoisotopic (exact) mass is 320 g/mol. The summed E-state index contributed by atoms with van der Waals surface area (Å²) in [6.45, 7) is 6.05. The number of para-hydroxylation sites is 1. The first-order chi connectivity index (χ1) is 11.6. The van der Waals surface area contributed by atoms with Crippen molar-refractivity contribution in [2.75, 3.05) is 5.32 Å². The molecule has 0 bridgehead atoms. The Labute approximate surface area is 141 Å². The van der Waals surface area contributed by atoms with Gasteiger partial charge in [0.05, 0.1) is 5.69 Å². The maximum Gasteiger partial charge on any atom is 0.255 e. The number of carbonyl (C=O) groups excluding carboxylic acids is 1. The first-order valence-corrected chi connectivity index (χ1v) is 7.95. The Morgan fingerprint density at radius 3 is 2.67 bits per heavy atom. The third-order valence-electron chi connectivity index (χ3n) is 4.10. The van der Waals surface area contributed by atoms with Crippen molar-refractivity contribution in [1.82, 2.24) is 14.8 Å². The lowest BCUT2D eigenvalue weighted by molar-refractivity contribution is 0.102. The van der Waals surface area contributed by atoms with E-state index in [4.69, 9.17) is 0 Å². The molecular weight excluding hydrogens is 300 g/mol. The second-order valence-electron chi connectivity index (χ2n) is 5.76. The van der Waals surface area contributed by atoms with Gasteiger partial charge in [0.1, 0.15) is 12.7 Å². The molecule has 2 aromatic carbocycles. The molecule has 0 saturated carbocycles. The number of nitrogens with zero attached hydrogens (tertiary/aromatic N) is 3. The molecule has 0 saturated heterocycles. The fourth-order valence-corrected chi connectivity index (χ4v) is 2.77. The number of benzene rings is 2. The molecule has 1 N–H and O–H groups in total. The van der Waals surface area contributed by atoms with Crippen LogP contribution >= 0.6 is 0 Å².